The zero-order chi connectivity index (χ0) is 32.9. The zero-order valence-electron chi connectivity index (χ0n) is 28.7. The minimum Gasteiger partial charge on any atom is -0.493 e. The van der Waals surface area contributed by atoms with E-state index in [0.717, 1.165) is 54.7 Å². The molecule has 4 bridgehead atoms. The van der Waals surface area contributed by atoms with E-state index in [9.17, 15) is 0 Å². The lowest BCUT2D eigenvalue weighted by Crippen LogP contribution is -2.09. The Morgan fingerprint density at radius 1 is 0.596 bits per heavy atom. The van der Waals surface area contributed by atoms with Crippen molar-refractivity contribution in [3.63, 3.8) is 0 Å². The second-order valence-corrected chi connectivity index (χ2v) is 11.9. The van der Waals surface area contributed by atoms with Gasteiger partial charge in [0.15, 0.2) is 0 Å². The molecule has 0 saturated heterocycles. The van der Waals surface area contributed by atoms with Gasteiger partial charge in [-0.3, -0.25) is 0 Å². The summed E-state index contributed by atoms with van der Waals surface area (Å²) >= 11 is 0. The third-order valence-corrected chi connectivity index (χ3v) is 8.07. The number of ether oxygens (including phenoxy) is 8. The maximum atomic E-state index is 6.10. The lowest BCUT2D eigenvalue weighted by Gasteiger charge is -2.15. The third-order valence-electron chi connectivity index (χ3n) is 8.07. The maximum Gasteiger partial charge on any atom is 0.120 e. The van der Waals surface area contributed by atoms with E-state index in [2.05, 4.69) is 56.3 Å². The molecular formula is C39H54O8. The van der Waals surface area contributed by atoms with Gasteiger partial charge in [-0.05, 0) is 109 Å². The topological polar surface area (TPSA) is 73.8 Å². The molecule has 0 aliphatic carbocycles. The fraction of sp³-hybridized carbons (Fsp3) is 0.538. The molecular weight excluding hydrogens is 596 g/mol. The molecule has 0 fully saturated rings. The Balaban J connectivity index is 1.32. The quantitative estimate of drug-likeness (QED) is 0.236. The molecule has 1 heterocycles. The van der Waals surface area contributed by atoms with Crippen molar-refractivity contribution in [2.24, 2.45) is 0 Å². The van der Waals surface area contributed by atoms with Crippen molar-refractivity contribution in [1.82, 2.24) is 0 Å². The monoisotopic (exact) mass is 650 g/mol. The van der Waals surface area contributed by atoms with E-state index < -0.39 is 0 Å². The molecule has 0 amide bonds. The summed E-state index contributed by atoms with van der Waals surface area (Å²) in [5.74, 6) is 1.71. The first-order valence-corrected chi connectivity index (χ1v) is 17.1. The lowest BCUT2D eigenvalue weighted by atomic mass is 9.95. The number of rotatable bonds is 8. The summed E-state index contributed by atoms with van der Waals surface area (Å²) in [5, 5.41) is 0. The Morgan fingerprint density at radius 3 is 2.17 bits per heavy atom. The highest BCUT2D eigenvalue weighted by Crippen LogP contribution is 2.31. The molecule has 8 heteroatoms. The van der Waals surface area contributed by atoms with Gasteiger partial charge in [0.25, 0.3) is 0 Å². The highest BCUT2D eigenvalue weighted by atomic mass is 16.5. The van der Waals surface area contributed by atoms with Crippen LogP contribution in [0, 0.1) is 13.8 Å². The second-order valence-electron chi connectivity index (χ2n) is 11.9. The molecule has 3 aromatic carbocycles. The van der Waals surface area contributed by atoms with Crippen LogP contribution >= 0.6 is 0 Å². The van der Waals surface area contributed by atoms with Crippen LogP contribution in [0.5, 0.6) is 11.5 Å². The highest BCUT2D eigenvalue weighted by molar-refractivity contribution is 5.72. The Morgan fingerprint density at radius 2 is 1.32 bits per heavy atom. The van der Waals surface area contributed by atoms with Crippen LogP contribution in [0.3, 0.4) is 0 Å². The van der Waals surface area contributed by atoms with E-state index >= 15 is 0 Å². The molecule has 4 rings (SSSR count). The van der Waals surface area contributed by atoms with Crippen molar-refractivity contribution >= 4 is 0 Å². The maximum absolute atomic E-state index is 6.10. The van der Waals surface area contributed by atoms with Gasteiger partial charge >= 0.3 is 0 Å². The van der Waals surface area contributed by atoms with Gasteiger partial charge in [-0.15, -0.1) is 0 Å². The fourth-order valence-corrected chi connectivity index (χ4v) is 5.38. The van der Waals surface area contributed by atoms with Crippen molar-refractivity contribution in [3.8, 4) is 22.6 Å². The number of aryl methyl sites for hydroxylation is 3. The Labute approximate surface area is 281 Å². The van der Waals surface area contributed by atoms with Crippen LogP contribution in [0.4, 0.5) is 0 Å². The van der Waals surface area contributed by atoms with Crippen molar-refractivity contribution < 1.29 is 37.9 Å². The fourth-order valence-electron chi connectivity index (χ4n) is 5.38. The summed E-state index contributed by atoms with van der Waals surface area (Å²) in [4.78, 5) is 0. The van der Waals surface area contributed by atoms with E-state index in [-0.39, 0.29) is 0 Å². The molecule has 1 aliphatic rings. The van der Waals surface area contributed by atoms with Crippen LogP contribution in [0.1, 0.15) is 53.5 Å². The summed E-state index contributed by atoms with van der Waals surface area (Å²) in [6.45, 7) is 12.1. The SMILES string of the molecule is COCCOCCCOc1ccc2c(c1)COCCCCOCCOc1ccc(C)c(c1)-c1cc(ccc1C)COCCOCCC2. The standard InChI is InChI=1S/C39H54O8/c1-31-9-11-33-26-38(31)39-28-37(13-10-32(39)2)47-25-24-41-15-4-5-16-44-30-35-27-36(46-19-7-18-43-21-20-40-3)14-12-34(35)8-6-17-42-22-23-45-29-33/h9-14,26-28H,4-8,15-25,29-30H2,1-3H3. The first-order chi connectivity index (χ1) is 23.1. The molecule has 0 spiro atoms. The Hall–Kier alpha value is -2.98. The number of hydrogen-bond donors (Lipinski definition) is 0. The first-order valence-electron chi connectivity index (χ1n) is 17.1. The zero-order valence-corrected chi connectivity index (χ0v) is 28.7. The summed E-state index contributed by atoms with van der Waals surface area (Å²) in [6, 6.07) is 19.1. The molecule has 258 valence electrons. The van der Waals surface area contributed by atoms with Gasteiger partial charge in [0.2, 0.25) is 0 Å². The third kappa shape index (κ3) is 13.6. The van der Waals surface area contributed by atoms with Crippen molar-refractivity contribution in [1.29, 1.82) is 0 Å². The molecule has 0 atom stereocenters. The van der Waals surface area contributed by atoms with E-state index in [1.165, 1.54) is 27.8 Å². The second kappa shape index (κ2) is 21.8. The van der Waals surface area contributed by atoms with Gasteiger partial charge in [-0.1, -0.05) is 24.3 Å². The van der Waals surface area contributed by atoms with E-state index in [1.807, 2.05) is 12.1 Å². The predicted octanol–water partition coefficient (Wildman–Crippen LogP) is 7.27. The number of hydrogen-bond acceptors (Lipinski definition) is 8. The van der Waals surface area contributed by atoms with E-state index in [0.29, 0.717) is 85.9 Å². The van der Waals surface area contributed by atoms with Gasteiger partial charge in [-0.2, -0.15) is 0 Å². The molecule has 47 heavy (non-hydrogen) atoms. The predicted molar refractivity (Wildman–Crippen MR) is 185 cm³/mol. The molecule has 0 unspecified atom stereocenters. The minimum atomic E-state index is 0.510. The van der Waals surface area contributed by atoms with E-state index in [1.54, 1.807) is 7.11 Å². The van der Waals surface area contributed by atoms with Crippen molar-refractivity contribution in [2.45, 2.75) is 59.2 Å². The normalized spacial score (nSPS) is 16.1. The van der Waals surface area contributed by atoms with Crippen LogP contribution in [0.15, 0.2) is 54.6 Å². The smallest absolute Gasteiger partial charge is 0.120 e. The summed E-state index contributed by atoms with van der Waals surface area (Å²) in [6.07, 6.45) is 4.53. The minimum absolute atomic E-state index is 0.510. The number of fused-ring (bicyclic) bond motifs is 6. The lowest BCUT2D eigenvalue weighted by molar-refractivity contribution is 0.0398. The molecule has 0 radical (unpaired) electrons. The summed E-state index contributed by atoms with van der Waals surface area (Å²) < 4.78 is 46.5. The van der Waals surface area contributed by atoms with Crippen LogP contribution in [0.25, 0.3) is 11.1 Å². The summed E-state index contributed by atoms with van der Waals surface area (Å²) in [7, 11) is 1.68. The molecule has 8 nitrogen and oxygen atoms in total. The average Bonchev–Trinajstić information content (AvgIpc) is 3.08. The summed E-state index contributed by atoms with van der Waals surface area (Å²) in [5.41, 5.74) is 8.38. The first kappa shape index (κ1) is 36.8. The van der Waals surface area contributed by atoms with Gasteiger partial charge in [-0.25, -0.2) is 0 Å². The van der Waals surface area contributed by atoms with Crippen LogP contribution < -0.4 is 9.47 Å². The Kier molecular flexibility index (Phi) is 17.1. The van der Waals surface area contributed by atoms with Crippen molar-refractivity contribution in [2.75, 3.05) is 79.8 Å². The largest absolute Gasteiger partial charge is 0.493 e. The number of benzene rings is 3. The van der Waals surface area contributed by atoms with Gasteiger partial charge < -0.3 is 37.9 Å². The highest BCUT2D eigenvalue weighted by Gasteiger charge is 2.10. The van der Waals surface area contributed by atoms with Gasteiger partial charge in [0.05, 0.1) is 52.9 Å². The molecule has 3 aromatic rings. The van der Waals surface area contributed by atoms with Crippen LogP contribution in [-0.4, -0.2) is 79.8 Å². The molecule has 1 aliphatic heterocycles. The van der Waals surface area contributed by atoms with Crippen LogP contribution in [0.2, 0.25) is 0 Å². The van der Waals surface area contributed by atoms with Crippen molar-refractivity contribution in [3.05, 3.63) is 82.4 Å². The van der Waals surface area contributed by atoms with Crippen LogP contribution in [-0.2, 0) is 48.1 Å². The van der Waals surface area contributed by atoms with Gasteiger partial charge in [0, 0.05) is 40.0 Å². The molecule has 0 N–H and O–H groups in total. The molecule has 0 saturated carbocycles. The van der Waals surface area contributed by atoms with Gasteiger partial charge in [0.1, 0.15) is 18.1 Å². The molecule has 0 aromatic heterocycles. The number of methoxy groups -OCH3 is 1. The Bertz CT molecular complexity index is 1310. The van der Waals surface area contributed by atoms with E-state index in [4.69, 9.17) is 37.9 Å². The average molecular weight is 651 g/mol.